The zero-order chi connectivity index (χ0) is 17.8. The monoisotopic (exact) mass is 333 g/mol. The summed E-state index contributed by atoms with van der Waals surface area (Å²) in [5.41, 5.74) is 3.66. The molecule has 0 saturated carbocycles. The van der Waals surface area contributed by atoms with Crippen molar-refractivity contribution in [1.82, 2.24) is 9.55 Å². The normalized spacial score (nSPS) is 10.5. The van der Waals surface area contributed by atoms with Gasteiger partial charge in [-0.25, -0.2) is 0 Å². The molecule has 0 atom stereocenters. The number of pyridine rings is 2. The molecule has 0 radical (unpaired) electrons. The maximum absolute atomic E-state index is 12.7. The average molecular weight is 333 g/mol. The predicted octanol–water partition coefficient (Wildman–Crippen LogP) is 3.16. The van der Waals surface area contributed by atoms with E-state index in [2.05, 4.69) is 16.4 Å². The molecule has 25 heavy (non-hydrogen) atoms. The Morgan fingerprint density at radius 1 is 1.16 bits per heavy atom. The van der Waals surface area contributed by atoms with Gasteiger partial charge in [-0.15, -0.1) is 0 Å². The number of carbonyl (C=O) groups is 1. The van der Waals surface area contributed by atoms with Crippen molar-refractivity contribution in [3.63, 3.8) is 0 Å². The lowest BCUT2D eigenvalue weighted by molar-refractivity contribution is 0.102. The fourth-order valence-corrected chi connectivity index (χ4v) is 2.62. The summed E-state index contributed by atoms with van der Waals surface area (Å²) >= 11 is 0. The van der Waals surface area contributed by atoms with Gasteiger partial charge in [-0.2, -0.15) is 0 Å². The minimum atomic E-state index is -0.437. The number of aromatic nitrogens is 2. The van der Waals surface area contributed by atoms with E-state index in [0.717, 1.165) is 16.7 Å². The number of benzene rings is 1. The highest BCUT2D eigenvalue weighted by atomic mass is 16.2. The van der Waals surface area contributed by atoms with Crippen molar-refractivity contribution in [3.8, 4) is 0 Å². The second-order valence-electron chi connectivity index (χ2n) is 5.98. The molecule has 3 aromatic rings. The second kappa shape index (κ2) is 7.13. The van der Waals surface area contributed by atoms with E-state index in [4.69, 9.17) is 0 Å². The highest BCUT2D eigenvalue weighted by Crippen LogP contribution is 2.12. The summed E-state index contributed by atoms with van der Waals surface area (Å²) in [6.45, 7) is 4.46. The Kier molecular flexibility index (Phi) is 4.75. The van der Waals surface area contributed by atoms with E-state index < -0.39 is 5.91 Å². The van der Waals surface area contributed by atoms with Crippen molar-refractivity contribution in [2.45, 2.75) is 20.4 Å². The van der Waals surface area contributed by atoms with Crippen LogP contribution in [0.1, 0.15) is 27.0 Å². The number of carbonyl (C=O) groups excluding carboxylic acids is 1. The van der Waals surface area contributed by atoms with E-state index in [9.17, 15) is 9.59 Å². The molecule has 0 aliphatic carbocycles. The molecule has 0 bridgehead atoms. The topological polar surface area (TPSA) is 64.0 Å². The Hall–Kier alpha value is -3.21. The molecule has 1 aromatic carbocycles. The van der Waals surface area contributed by atoms with Crippen molar-refractivity contribution in [1.29, 1.82) is 0 Å². The number of hydrogen-bond acceptors (Lipinski definition) is 3. The third-order valence-electron chi connectivity index (χ3n) is 4.03. The fraction of sp³-hybridized carbons (Fsp3) is 0.150. The number of hydrogen-bond donors (Lipinski definition) is 1. The second-order valence-corrected chi connectivity index (χ2v) is 5.98. The van der Waals surface area contributed by atoms with Crippen molar-refractivity contribution in [3.05, 3.63) is 93.7 Å². The molecule has 0 unspecified atom stereocenters. The number of anilines is 1. The highest BCUT2D eigenvalue weighted by Gasteiger charge is 2.13. The first kappa shape index (κ1) is 16.6. The van der Waals surface area contributed by atoms with Crippen molar-refractivity contribution >= 4 is 11.6 Å². The number of nitrogens with zero attached hydrogens (tertiary/aromatic N) is 2. The van der Waals surface area contributed by atoms with Crippen LogP contribution in [0.15, 0.2) is 65.8 Å². The summed E-state index contributed by atoms with van der Waals surface area (Å²) in [6, 6.07) is 12.8. The zero-order valence-electron chi connectivity index (χ0n) is 14.2. The molecular formula is C20H19N3O2. The molecule has 5 nitrogen and oxygen atoms in total. The summed E-state index contributed by atoms with van der Waals surface area (Å²) in [5.74, 6) is -0.437. The maximum Gasteiger partial charge on any atom is 0.263 e. The summed E-state index contributed by atoms with van der Waals surface area (Å²) < 4.78 is 1.56. The van der Waals surface area contributed by atoms with E-state index in [1.54, 1.807) is 35.2 Å². The van der Waals surface area contributed by atoms with Crippen LogP contribution < -0.4 is 10.9 Å². The largest absolute Gasteiger partial charge is 0.320 e. The summed E-state index contributed by atoms with van der Waals surface area (Å²) in [6.07, 6.45) is 4.86. The average Bonchev–Trinajstić information content (AvgIpc) is 2.60. The number of amides is 1. The molecule has 1 N–H and O–H groups in total. The Labute approximate surface area is 146 Å². The van der Waals surface area contributed by atoms with Crippen LogP contribution in [0.25, 0.3) is 0 Å². The molecule has 1 amide bonds. The highest BCUT2D eigenvalue weighted by molar-refractivity contribution is 6.03. The molecule has 0 fully saturated rings. The van der Waals surface area contributed by atoms with Crippen LogP contribution in [0.2, 0.25) is 0 Å². The molecule has 2 aromatic heterocycles. The van der Waals surface area contributed by atoms with E-state index in [1.807, 2.05) is 26.0 Å². The smallest absolute Gasteiger partial charge is 0.263 e. The van der Waals surface area contributed by atoms with Gasteiger partial charge in [0.1, 0.15) is 5.56 Å². The van der Waals surface area contributed by atoms with Gasteiger partial charge >= 0.3 is 0 Å². The molecule has 0 aliphatic heterocycles. The first-order valence-corrected chi connectivity index (χ1v) is 8.01. The van der Waals surface area contributed by atoms with Gasteiger partial charge in [0.15, 0.2) is 0 Å². The Balaban J connectivity index is 1.88. The van der Waals surface area contributed by atoms with Gasteiger partial charge in [0.05, 0.1) is 18.4 Å². The molecule has 0 saturated heterocycles. The summed E-state index contributed by atoms with van der Waals surface area (Å²) in [5, 5.41) is 2.70. The van der Waals surface area contributed by atoms with Crippen molar-refractivity contribution < 1.29 is 4.79 Å². The predicted molar refractivity (Wildman–Crippen MR) is 97.9 cm³/mol. The Morgan fingerprint density at radius 2 is 2.00 bits per heavy atom. The summed E-state index contributed by atoms with van der Waals surface area (Å²) in [4.78, 5) is 29.0. The molecule has 0 aliphatic rings. The molecule has 2 heterocycles. The van der Waals surface area contributed by atoms with Crippen LogP contribution in [-0.2, 0) is 6.54 Å². The number of aryl methyl sites for hydroxylation is 2. The van der Waals surface area contributed by atoms with Gasteiger partial charge in [-0.3, -0.25) is 14.6 Å². The van der Waals surface area contributed by atoms with Crippen LogP contribution in [0.5, 0.6) is 0 Å². The third kappa shape index (κ3) is 3.83. The zero-order valence-corrected chi connectivity index (χ0v) is 14.2. The Bertz CT molecular complexity index is 962. The van der Waals surface area contributed by atoms with Crippen molar-refractivity contribution in [2.24, 2.45) is 0 Å². The molecular weight excluding hydrogens is 314 g/mol. The molecule has 0 spiro atoms. The first-order valence-electron chi connectivity index (χ1n) is 8.01. The van der Waals surface area contributed by atoms with Crippen LogP contribution >= 0.6 is 0 Å². The van der Waals surface area contributed by atoms with Crippen molar-refractivity contribution in [2.75, 3.05) is 5.32 Å². The van der Waals surface area contributed by atoms with Gasteiger partial charge in [0.2, 0.25) is 0 Å². The van der Waals surface area contributed by atoms with Gasteiger partial charge < -0.3 is 9.88 Å². The third-order valence-corrected chi connectivity index (χ3v) is 4.03. The van der Waals surface area contributed by atoms with E-state index in [1.165, 1.54) is 12.3 Å². The fourth-order valence-electron chi connectivity index (χ4n) is 2.62. The van der Waals surface area contributed by atoms with Gasteiger partial charge in [-0.05, 0) is 49.2 Å². The quantitative estimate of drug-likeness (QED) is 0.798. The van der Waals surface area contributed by atoms with Crippen LogP contribution in [0.3, 0.4) is 0 Å². The summed E-state index contributed by atoms with van der Waals surface area (Å²) in [7, 11) is 0. The minimum absolute atomic E-state index is 0.108. The first-order chi connectivity index (χ1) is 12.0. The van der Waals surface area contributed by atoms with Crippen LogP contribution in [0, 0.1) is 13.8 Å². The number of rotatable bonds is 4. The van der Waals surface area contributed by atoms with E-state index in [0.29, 0.717) is 12.2 Å². The van der Waals surface area contributed by atoms with Crippen LogP contribution in [-0.4, -0.2) is 15.5 Å². The molecule has 5 heteroatoms. The lowest BCUT2D eigenvalue weighted by Gasteiger charge is -2.11. The maximum atomic E-state index is 12.7. The Morgan fingerprint density at radius 3 is 2.76 bits per heavy atom. The molecule has 3 rings (SSSR count). The van der Waals surface area contributed by atoms with Gasteiger partial charge in [0.25, 0.3) is 11.5 Å². The standard InChI is InChI=1S/C20H19N3O2/c1-14-7-8-15(2)16(11-14)13-23-10-4-6-18(20(23)25)19(24)22-17-5-3-9-21-12-17/h3-12H,13H2,1-2H3,(H,22,24). The number of nitrogens with one attached hydrogen (secondary N) is 1. The van der Waals surface area contributed by atoms with E-state index >= 15 is 0 Å². The lowest BCUT2D eigenvalue weighted by Crippen LogP contribution is -2.29. The van der Waals surface area contributed by atoms with Gasteiger partial charge in [0, 0.05) is 12.4 Å². The lowest BCUT2D eigenvalue weighted by atomic mass is 10.1. The van der Waals surface area contributed by atoms with Crippen LogP contribution in [0.4, 0.5) is 5.69 Å². The van der Waals surface area contributed by atoms with E-state index in [-0.39, 0.29) is 11.1 Å². The molecule has 126 valence electrons. The SMILES string of the molecule is Cc1ccc(C)c(Cn2cccc(C(=O)Nc3cccnc3)c2=O)c1. The minimum Gasteiger partial charge on any atom is -0.320 e. The van der Waals surface area contributed by atoms with Gasteiger partial charge in [-0.1, -0.05) is 23.8 Å².